The summed E-state index contributed by atoms with van der Waals surface area (Å²) in [5, 5.41) is 18.9. The first-order valence-electron chi connectivity index (χ1n) is 8.85. The molecule has 0 aliphatic rings. The highest BCUT2D eigenvalue weighted by molar-refractivity contribution is 7.94. The lowest BCUT2D eigenvalue weighted by molar-refractivity contribution is 0.200. The second-order valence-electron chi connectivity index (χ2n) is 6.73. The number of aliphatic hydroxyl groups is 2. The van der Waals surface area contributed by atoms with Gasteiger partial charge in [0.05, 0.1) is 30.0 Å². The van der Waals surface area contributed by atoms with E-state index in [1.165, 1.54) is 24.3 Å². The van der Waals surface area contributed by atoms with Gasteiger partial charge in [0.15, 0.2) is 19.9 Å². The molecule has 1 heterocycles. The van der Waals surface area contributed by atoms with Crippen molar-refractivity contribution in [1.29, 1.82) is 0 Å². The SMILES string of the molecule is O=S(=O)(CC(O)c1ccc(F)cc1)c1nc[nH]c1S(=O)(=O)CC(O)c1ccc(F)cc1. The maximum atomic E-state index is 13.0. The third-order valence-electron chi connectivity index (χ3n) is 4.44. The molecule has 1 aromatic heterocycles. The Morgan fingerprint density at radius 2 is 1.19 bits per heavy atom. The second-order valence-corrected chi connectivity index (χ2v) is 10.7. The van der Waals surface area contributed by atoms with Gasteiger partial charge in [-0.2, -0.15) is 0 Å². The number of aromatic amines is 1. The number of benzene rings is 2. The molecule has 0 spiro atoms. The molecule has 0 saturated carbocycles. The van der Waals surface area contributed by atoms with Crippen molar-refractivity contribution in [3.63, 3.8) is 0 Å². The topological polar surface area (TPSA) is 137 Å². The van der Waals surface area contributed by atoms with Gasteiger partial charge in [-0.1, -0.05) is 24.3 Å². The zero-order valence-corrected chi connectivity index (χ0v) is 17.4. The molecule has 2 atom stereocenters. The highest BCUT2D eigenvalue weighted by atomic mass is 32.2. The second kappa shape index (κ2) is 8.83. The Balaban J connectivity index is 1.84. The monoisotopic (exact) mass is 472 g/mol. The van der Waals surface area contributed by atoms with E-state index in [0.717, 1.165) is 30.6 Å². The normalized spacial score (nSPS) is 14.3. The lowest BCUT2D eigenvalue weighted by Crippen LogP contribution is -2.21. The van der Waals surface area contributed by atoms with Crippen LogP contribution in [0.25, 0.3) is 0 Å². The molecule has 3 rings (SSSR count). The van der Waals surface area contributed by atoms with Crippen LogP contribution in [-0.2, 0) is 19.7 Å². The largest absolute Gasteiger partial charge is 0.387 e. The summed E-state index contributed by atoms with van der Waals surface area (Å²) in [4.78, 5) is 5.84. The Hall–Kier alpha value is -2.67. The first kappa shape index (κ1) is 23.0. The van der Waals surface area contributed by atoms with Crippen LogP contribution in [0.2, 0.25) is 0 Å². The molecule has 0 bridgehead atoms. The number of hydrogen-bond acceptors (Lipinski definition) is 7. The van der Waals surface area contributed by atoms with Gasteiger partial charge < -0.3 is 15.2 Å². The Kier molecular flexibility index (Phi) is 6.55. The van der Waals surface area contributed by atoms with Crippen LogP contribution in [0.3, 0.4) is 0 Å². The quantitative estimate of drug-likeness (QED) is 0.454. The molecule has 0 amide bonds. The standard InChI is InChI=1S/C19H18F2N2O6S2/c20-14-5-1-12(2-6-14)16(24)9-30(26,27)18-19(23-11-22-18)31(28,29)10-17(25)13-3-7-15(21)8-4-13/h1-8,11,16-17,24-25H,9-10H2,(H,22,23). The average molecular weight is 472 g/mol. The fourth-order valence-electron chi connectivity index (χ4n) is 2.85. The van der Waals surface area contributed by atoms with Crippen LogP contribution < -0.4 is 0 Å². The summed E-state index contributed by atoms with van der Waals surface area (Å²) in [6, 6.07) is 9.02. The van der Waals surface area contributed by atoms with E-state index >= 15 is 0 Å². The lowest BCUT2D eigenvalue weighted by atomic mass is 10.1. The maximum Gasteiger partial charge on any atom is 0.201 e. The van der Waals surface area contributed by atoms with Crippen LogP contribution >= 0.6 is 0 Å². The number of nitrogens with one attached hydrogen (secondary N) is 1. The Bertz CT molecular complexity index is 1160. The number of nitrogens with zero attached hydrogens (tertiary/aromatic N) is 1. The van der Waals surface area contributed by atoms with Crippen molar-refractivity contribution >= 4 is 19.7 Å². The predicted octanol–water partition coefficient (Wildman–Crippen LogP) is 1.70. The highest BCUT2D eigenvalue weighted by Crippen LogP contribution is 2.26. The fourth-order valence-corrected chi connectivity index (χ4v) is 6.26. The molecule has 0 aliphatic heterocycles. The van der Waals surface area contributed by atoms with Gasteiger partial charge in [-0.25, -0.2) is 30.6 Å². The smallest absolute Gasteiger partial charge is 0.201 e. The van der Waals surface area contributed by atoms with E-state index in [1.807, 2.05) is 0 Å². The number of halogens is 2. The van der Waals surface area contributed by atoms with E-state index in [9.17, 15) is 35.8 Å². The van der Waals surface area contributed by atoms with Gasteiger partial charge in [-0.3, -0.25) is 0 Å². The molecule has 8 nitrogen and oxygen atoms in total. The van der Waals surface area contributed by atoms with Crippen LogP contribution in [0, 0.1) is 11.6 Å². The summed E-state index contributed by atoms with van der Waals surface area (Å²) in [6.45, 7) is 0. The fraction of sp³-hybridized carbons (Fsp3) is 0.211. The lowest BCUT2D eigenvalue weighted by Gasteiger charge is -2.13. The third-order valence-corrected chi connectivity index (χ3v) is 7.91. The van der Waals surface area contributed by atoms with Gasteiger partial charge in [-0.05, 0) is 35.4 Å². The molecular weight excluding hydrogens is 454 g/mol. The van der Waals surface area contributed by atoms with E-state index < -0.39 is 65.1 Å². The van der Waals surface area contributed by atoms with Gasteiger partial charge >= 0.3 is 0 Å². The minimum absolute atomic E-state index is 0.122. The number of hydrogen-bond donors (Lipinski definition) is 3. The van der Waals surface area contributed by atoms with Crippen LogP contribution in [-0.4, -0.2) is 48.5 Å². The van der Waals surface area contributed by atoms with Gasteiger partial charge in [0.25, 0.3) is 0 Å². The van der Waals surface area contributed by atoms with Gasteiger partial charge in [0.2, 0.25) is 9.84 Å². The van der Waals surface area contributed by atoms with E-state index in [4.69, 9.17) is 0 Å². The molecule has 0 radical (unpaired) electrons. The van der Waals surface area contributed by atoms with Gasteiger partial charge in [0.1, 0.15) is 11.6 Å². The van der Waals surface area contributed by atoms with E-state index in [0.29, 0.717) is 0 Å². The van der Waals surface area contributed by atoms with Crippen LogP contribution in [0.15, 0.2) is 64.9 Å². The zero-order valence-electron chi connectivity index (χ0n) is 15.8. The number of imidazole rings is 1. The molecule has 31 heavy (non-hydrogen) atoms. The molecule has 3 aromatic rings. The highest BCUT2D eigenvalue weighted by Gasteiger charge is 2.33. The molecule has 12 heteroatoms. The zero-order chi connectivity index (χ0) is 22.8. The van der Waals surface area contributed by atoms with Crippen molar-refractivity contribution in [2.75, 3.05) is 11.5 Å². The van der Waals surface area contributed by atoms with Crippen molar-refractivity contribution in [2.45, 2.75) is 22.3 Å². The number of aliphatic hydroxyl groups excluding tert-OH is 2. The van der Waals surface area contributed by atoms with Crippen LogP contribution in [0.1, 0.15) is 23.3 Å². The van der Waals surface area contributed by atoms with E-state index in [2.05, 4.69) is 9.97 Å². The number of rotatable bonds is 8. The third kappa shape index (κ3) is 5.34. The molecule has 2 unspecified atom stereocenters. The molecule has 0 fully saturated rings. The molecule has 0 aliphatic carbocycles. The summed E-state index contributed by atoms with van der Waals surface area (Å²) in [5.74, 6) is -2.92. The number of sulfone groups is 2. The van der Waals surface area contributed by atoms with Gasteiger partial charge in [0, 0.05) is 0 Å². The maximum absolute atomic E-state index is 13.0. The Labute approximate surface area is 177 Å². The van der Waals surface area contributed by atoms with E-state index in [-0.39, 0.29) is 11.1 Å². The van der Waals surface area contributed by atoms with E-state index in [1.54, 1.807) is 0 Å². The number of H-pyrrole nitrogens is 1. The summed E-state index contributed by atoms with van der Waals surface area (Å²) < 4.78 is 76.9. The van der Waals surface area contributed by atoms with Gasteiger partial charge in [-0.15, -0.1) is 0 Å². The summed E-state index contributed by atoms with van der Waals surface area (Å²) in [7, 11) is -8.76. The molecule has 166 valence electrons. The van der Waals surface area contributed by atoms with Crippen molar-refractivity contribution in [1.82, 2.24) is 9.97 Å². The molecular formula is C19H18F2N2O6S2. The number of aromatic nitrogens is 2. The molecule has 0 saturated heterocycles. The molecule has 2 aromatic carbocycles. The van der Waals surface area contributed by atoms with Crippen molar-refractivity contribution < 1.29 is 35.8 Å². The minimum atomic E-state index is -4.39. The first-order valence-corrected chi connectivity index (χ1v) is 12.2. The predicted molar refractivity (Wildman–Crippen MR) is 105 cm³/mol. The van der Waals surface area contributed by atoms with Crippen LogP contribution in [0.4, 0.5) is 8.78 Å². The van der Waals surface area contributed by atoms with Crippen molar-refractivity contribution in [2.24, 2.45) is 0 Å². The summed E-state index contributed by atoms with van der Waals surface area (Å²) >= 11 is 0. The average Bonchev–Trinajstić information content (AvgIpc) is 3.20. The molecule has 3 N–H and O–H groups in total. The first-order chi connectivity index (χ1) is 14.5. The Morgan fingerprint density at radius 3 is 1.65 bits per heavy atom. The Morgan fingerprint density at radius 1 is 0.774 bits per heavy atom. The van der Waals surface area contributed by atoms with Crippen molar-refractivity contribution in [3.8, 4) is 0 Å². The van der Waals surface area contributed by atoms with Crippen LogP contribution in [0.5, 0.6) is 0 Å². The minimum Gasteiger partial charge on any atom is -0.387 e. The summed E-state index contributed by atoms with van der Waals surface area (Å²) in [6.07, 6.45) is -2.23. The summed E-state index contributed by atoms with van der Waals surface area (Å²) in [5.41, 5.74) is 0.247. The van der Waals surface area contributed by atoms with Crippen molar-refractivity contribution in [3.05, 3.63) is 77.6 Å².